The Morgan fingerprint density at radius 1 is 0.577 bits per heavy atom. The van der Waals surface area contributed by atoms with Gasteiger partial charge in [-0.3, -0.25) is 47.9 Å². The molecule has 3 aromatic carbocycles. The molecule has 9 rings (SSSR count). The molecule has 0 spiro atoms. The second-order valence-corrected chi connectivity index (χ2v) is 27.4. The number of fused-ring (bicyclic) bond motifs is 5. The molecule has 5 aliphatic heterocycles. The first-order valence-corrected chi connectivity index (χ1v) is 33.1. The van der Waals surface area contributed by atoms with Crippen molar-refractivity contribution in [2.75, 3.05) is 59.7 Å². The number of carbonyl (C=O) groups is 12. The van der Waals surface area contributed by atoms with Gasteiger partial charge in [-0.25, -0.2) is 14.6 Å². The minimum atomic E-state index is -1.82. The average Bonchev–Trinajstić information content (AvgIpc) is 1.71. The van der Waals surface area contributed by atoms with Crippen LogP contribution >= 0.6 is 0 Å². The lowest BCUT2D eigenvalue weighted by molar-refractivity contribution is -0.163. The summed E-state index contributed by atoms with van der Waals surface area (Å²) in [5, 5.41) is 14.5. The topological polar surface area (TPSA) is 338 Å². The Kier molecular flexibility index (Phi) is 21.4. The smallest absolute Gasteiger partial charge is 0.329 e. The van der Waals surface area contributed by atoms with E-state index in [0.717, 1.165) is 4.90 Å². The van der Waals surface area contributed by atoms with Gasteiger partial charge in [-0.05, 0) is 101 Å². The van der Waals surface area contributed by atoms with Crippen molar-refractivity contribution < 1.29 is 76.2 Å². The Hall–Kier alpha value is -9.63. The zero-order chi connectivity index (χ0) is 71.1. The number of hydrogen-bond acceptors (Lipinski definition) is 18. The van der Waals surface area contributed by atoms with E-state index in [9.17, 15) is 38.4 Å². The molecule has 28 nitrogen and oxygen atoms in total. The summed E-state index contributed by atoms with van der Waals surface area (Å²) in [6.07, 6.45) is -1.53. The zero-order valence-corrected chi connectivity index (χ0v) is 57.9. The van der Waals surface area contributed by atoms with E-state index in [2.05, 4.69) is 26.6 Å². The van der Waals surface area contributed by atoms with Gasteiger partial charge >= 0.3 is 11.9 Å². The summed E-state index contributed by atoms with van der Waals surface area (Å²) in [5.74, 6) is -11.3. The van der Waals surface area contributed by atoms with Crippen molar-refractivity contribution in [1.29, 1.82) is 0 Å². The van der Waals surface area contributed by atoms with Crippen molar-refractivity contribution >= 4 is 93.5 Å². The number of benzene rings is 3. The van der Waals surface area contributed by atoms with E-state index in [-0.39, 0.29) is 70.5 Å². The summed E-state index contributed by atoms with van der Waals surface area (Å²) in [6.45, 7) is 19.2. The lowest BCUT2D eigenvalue weighted by Crippen LogP contribution is -2.61. The van der Waals surface area contributed by atoms with Gasteiger partial charge in [0.05, 0.1) is 35.6 Å². The summed E-state index contributed by atoms with van der Waals surface area (Å²) >= 11 is 0. The number of carbonyl (C=O) groups excluding carboxylic acids is 12. The van der Waals surface area contributed by atoms with Crippen LogP contribution in [0.4, 0.5) is 11.4 Å². The predicted octanol–water partition coefficient (Wildman–Crippen LogP) is 4.19. The fraction of sp³-hybridized carbons (Fsp3) is 0.551. The van der Waals surface area contributed by atoms with E-state index < -0.39 is 168 Å². The van der Waals surface area contributed by atoms with Gasteiger partial charge in [0.15, 0.2) is 17.1 Å². The van der Waals surface area contributed by atoms with Crippen molar-refractivity contribution in [3.8, 4) is 23.0 Å². The van der Waals surface area contributed by atoms with E-state index in [4.69, 9.17) is 23.6 Å². The van der Waals surface area contributed by atoms with Crippen LogP contribution in [0, 0.1) is 37.5 Å². The van der Waals surface area contributed by atoms with Crippen LogP contribution in [0.2, 0.25) is 0 Å². The van der Waals surface area contributed by atoms with Crippen LogP contribution in [0.3, 0.4) is 0 Å². The van der Waals surface area contributed by atoms with Gasteiger partial charge in [-0.2, -0.15) is 0 Å². The lowest BCUT2D eigenvalue weighted by Gasteiger charge is -2.36. The highest BCUT2D eigenvalue weighted by Crippen LogP contribution is 2.51. The molecule has 4 fully saturated rings. The number of likely N-dealkylation sites (N-methyl/N-ethyl adjacent to an activating group) is 4. The van der Waals surface area contributed by atoms with E-state index in [1.807, 2.05) is 0 Å². The minimum Gasteiger partial charge on any atom is -0.458 e. The van der Waals surface area contributed by atoms with Crippen LogP contribution in [0.5, 0.6) is 11.5 Å². The van der Waals surface area contributed by atoms with Crippen LogP contribution < -0.4 is 31.3 Å². The molecular weight excluding hydrogens is 1250 g/mol. The molecule has 4 aromatic rings. The third-order valence-electron chi connectivity index (χ3n) is 19.0. The number of hydrogen-bond donors (Lipinski definition) is 5. The Bertz CT molecular complexity index is 3810. The molecule has 522 valence electrons. The van der Waals surface area contributed by atoms with Crippen molar-refractivity contribution in [2.45, 2.75) is 169 Å². The number of cyclic esters (lactones) is 2. The number of nitrogens with zero attached hydrogens (tertiary/aromatic N) is 7. The Balaban J connectivity index is 1.14. The van der Waals surface area contributed by atoms with Crippen LogP contribution in [-0.4, -0.2) is 220 Å². The third-order valence-corrected chi connectivity index (χ3v) is 19.0. The molecule has 5 N–H and O–H groups in total. The lowest BCUT2D eigenvalue weighted by atomic mass is 9.98. The molecule has 1 aromatic heterocycles. The molecule has 0 saturated carbocycles. The molecule has 5 aliphatic rings. The highest BCUT2D eigenvalue weighted by atomic mass is 16.6. The number of aromatic nitrogens is 1. The van der Waals surface area contributed by atoms with Crippen molar-refractivity contribution in [2.24, 2.45) is 23.7 Å². The van der Waals surface area contributed by atoms with Gasteiger partial charge in [0.25, 0.3) is 11.8 Å². The van der Waals surface area contributed by atoms with E-state index in [1.165, 1.54) is 72.6 Å². The quantitative estimate of drug-likeness (QED) is 0.129. The summed E-state index contributed by atoms with van der Waals surface area (Å²) in [5.41, 5.74) is 0.687. The number of amides is 10. The molecule has 28 heteroatoms. The molecule has 10 amide bonds. The monoisotopic (exact) mass is 1340 g/mol. The molecule has 97 heavy (non-hydrogen) atoms. The largest absolute Gasteiger partial charge is 0.458 e. The summed E-state index contributed by atoms with van der Waals surface area (Å²) in [4.78, 5) is 188. The first-order chi connectivity index (χ1) is 45.7. The predicted molar refractivity (Wildman–Crippen MR) is 353 cm³/mol. The standard InChI is InChI=1S/C69H90N12O16/c1-32(2)47-66(90)80-28-20-24-42(80)64(88)76(13)30-44(82)78(15)54(34(5)6)68(92)94-38(11)49(61(86)71-47)73-59(84)41-27-26-36(9)56-51(41)70-52-46(53-58(37(10)57(52)96-56)97-63(75-53)40-22-18-17-19-23-40)60(85)74-50-39(12)95-69(93)55(35(7)8)79(16)45(83)31-77(14)65(89)43-25-21-29-81(43)67(91)48(33(3)4)72-62(50)87/h17-19,22-23,26-27,32-35,38-39,42-43,47-50,54-55,70H,20-21,24-25,28-31H2,1-16H3,(H,71,86)(H,72,87)(H,73,84)(H,74,85)/t38-,39+,42+,43+,47-,48-,49+,50-,54+,55+/m1/s1. The maximum atomic E-state index is 15.9. The SMILES string of the molecule is Cc1ccc(C(=O)N[C@@H]2C(=O)N[C@H](C(C)C)C(=O)N3CCC[C@H]3C(=O)N(C)CC(=O)N(C)[C@@H](C(C)C)C(=O)O[C@@H]2C)c2c1Oc1c(c(C(=O)N[C@H]3C(=O)N[C@H](C(C)C)C(=O)N4CCC[C@H]4C(=O)N(C)CC(=O)N(C)[C@@H](C(C)C)C(=O)O[C@H]3C)c3nc(-c4ccccc4)oc3c1C)N2. The fourth-order valence-electron chi connectivity index (χ4n) is 13.5. The maximum Gasteiger partial charge on any atom is 0.329 e. The normalized spacial score (nSPS) is 25.4. The van der Waals surface area contributed by atoms with Crippen LogP contribution in [0.25, 0.3) is 22.6 Å². The number of anilines is 2. The molecule has 0 aliphatic carbocycles. The molecule has 0 radical (unpaired) electrons. The second-order valence-electron chi connectivity index (χ2n) is 27.4. The minimum absolute atomic E-state index is 0.0142. The van der Waals surface area contributed by atoms with E-state index in [1.54, 1.807) is 106 Å². The molecule has 10 atom stereocenters. The van der Waals surface area contributed by atoms with E-state index >= 15 is 19.2 Å². The Morgan fingerprint density at radius 2 is 1.04 bits per heavy atom. The van der Waals surface area contributed by atoms with Gasteiger partial charge in [0, 0.05) is 52.4 Å². The first-order valence-electron chi connectivity index (χ1n) is 33.1. The number of rotatable bonds is 9. The van der Waals surface area contributed by atoms with Gasteiger partial charge in [-0.15, -0.1) is 0 Å². The average molecular weight is 1340 g/mol. The number of oxazole rings is 1. The molecular formula is C69H90N12O16. The van der Waals surface area contributed by atoms with E-state index in [0.29, 0.717) is 36.0 Å². The van der Waals surface area contributed by atoms with Crippen molar-refractivity contribution in [1.82, 2.24) is 55.7 Å². The Labute approximate surface area is 563 Å². The number of nitrogens with one attached hydrogen (secondary N) is 5. The van der Waals surface area contributed by atoms with Gasteiger partial charge in [0.1, 0.15) is 66.1 Å². The molecule has 6 heterocycles. The Morgan fingerprint density at radius 3 is 1.49 bits per heavy atom. The zero-order valence-electron chi connectivity index (χ0n) is 57.9. The van der Waals surface area contributed by atoms with Crippen molar-refractivity contribution in [3.63, 3.8) is 0 Å². The number of ether oxygens (including phenoxy) is 3. The number of aryl methyl sites for hydroxylation is 2. The van der Waals surface area contributed by atoms with Gasteiger partial charge in [0.2, 0.25) is 53.1 Å². The van der Waals surface area contributed by atoms with Crippen LogP contribution in [0.1, 0.15) is 127 Å². The van der Waals surface area contributed by atoms with Crippen molar-refractivity contribution in [3.05, 3.63) is 64.7 Å². The first kappa shape index (κ1) is 71.7. The van der Waals surface area contributed by atoms with Gasteiger partial charge in [-0.1, -0.05) is 79.7 Å². The summed E-state index contributed by atoms with van der Waals surface area (Å²) in [7, 11) is 5.68. The second kappa shape index (κ2) is 29.0. The van der Waals surface area contributed by atoms with Crippen LogP contribution in [-0.2, 0) is 57.4 Å². The number of esters is 2. The third kappa shape index (κ3) is 14.3. The fourth-order valence-corrected chi connectivity index (χ4v) is 13.5. The summed E-state index contributed by atoms with van der Waals surface area (Å²) < 4.78 is 25.4. The highest BCUT2D eigenvalue weighted by Gasteiger charge is 2.47. The molecule has 0 unspecified atom stereocenters. The highest BCUT2D eigenvalue weighted by molar-refractivity contribution is 6.16. The van der Waals surface area contributed by atoms with Crippen LogP contribution in [0.15, 0.2) is 46.9 Å². The molecule has 4 saturated heterocycles. The maximum absolute atomic E-state index is 15.9. The van der Waals surface area contributed by atoms with Gasteiger partial charge < -0.3 is 74.6 Å². The molecule has 0 bridgehead atoms. The summed E-state index contributed by atoms with van der Waals surface area (Å²) in [6, 6.07) is 1.26.